The Morgan fingerprint density at radius 3 is 1.29 bits per heavy atom. The number of nitrogens with zero attached hydrogens (tertiary/aromatic N) is 6. The van der Waals surface area contributed by atoms with E-state index in [1.54, 1.807) is 0 Å². The largest absolute Gasteiger partial charge is 0.502 e. The minimum Gasteiger partial charge on any atom is -0.502 e. The van der Waals surface area contributed by atoms with Crippen LogP contribution in [0.3, 0.4) is 0 Å². The molecule has 4 heterocycles. The average Bonchev–Trinajstić information content (AvgIpc) is 3.37. The number of thiocarbonyl (C=S) groups is 1. The highest BCUT2D eigenvalue weighted by molar-refractivity contribution is 7.80. The number of carbonyl (C=O) groups excluding carboxylic acids is 4. The first kappa shape index (κ1) is 57.6. The van der Waals surface area contributed by atoms with Crippen molar-refractivity contribution >= 4 is 46.6 Å². The quantitative estimate of drug-likeness (QED) is 0.0267. The van der Waals surface area contributed by atoms with Gasteiger partial charge >= 0.3 is 0 Å². The van der Waals surface area contributed by atoms with Gasteiger partial charge in [-0.3, -0.25) is 48.2 Å². The van der Waals surface area contributed by atoms with Gasteiger partial charge in [0.05, 0.1) is 22.3 Å². The lowest BCUT2D eigenvalue weighted by atomic mass is 10.1. The maximum atomic E-state index is 13.8. The molecular formula is C50H64N12O12S. The lowest BCUT2D eigenvalue weighted by Crippen LogP contribution is -2.49. The second kappa shape index (κ2) is 27.1. The SMILES string of the molecule is Cc1ccc(NC(=S)NCCCCC(CN(CCNC(=O)c2ccn(C)c(=O)c2O)CCN(CCNC(=O)c2ccn(C)c(=O)c2O)CCNC(=O)c2ccn(C)c(=O)c2O)NC(=O)c2ccn(C)c(=O)c2O)cc1. The van der Waals surface area contributed by atoms with Crippen LogP contribution in [0.1, 0.15) is 66.3 Å². The van der Waals surface area contributed by atoms with Crippen LogP contribution in [0.15, 0.2) is 92.5 Å². The van der Waals surface area contributed by atoms with Crippen LogP contribution >= 0.6 is 12.2 Å². The molecule has 5 aromatic rings. The number of anilines is 1. The van der Waals surface area contributed by atoms with Crippen LogP contribution in [0.2, 0.25) is 0 Å². The Morgan fingerprint density at radius 2 is 0.880 bits per heavy atom. The number of hydrogen-bond donors (Lipinski definition) is 10. The van der Waals surface area contributed by atoms with Crippen molar-refractivity contribution in [3.63, 3.8) is 0 Å². The molecule has 4 amide bonds. The van der Waals surface area contributed by atoms with Gasteiger partial charge in [-0.25, -0.2) is 0 Å². The molecule has 0 fully saturated rings. The topological polar surface area (TPSA) is 316 Å². The Labute approximate surface area is 436 Å². The highest BCUT2D eigenvalue weighted by atomic mass is 32.1. The van der Waals surface area contributed by atoms with Gasteiger partial charge in [0, 0.05) is 130 Å². The van der Waals surface area contributed by atoms with Gasteiger partial charge in [0.2, 0.25) is 0 Å². The molecule has 0 aliphatic rings. The van der Waals surface area contributed by atoms with Crippen LogP contribution in [0.25, 0.3) is 0 Å². The normalized spacial score (nSPS) is 11.5. The van der Waals surface area contributed by atoms with E-state index >= 15 is 0 Å². The highest BCUT2D eigenvalue weighted by Crippen LogP contribution is 2.15. The van der Waals surface area contributed by atoms with Crippen molar-refractivity contribution in [2.45, 2.75) is 32.2 Å². The summed E-state index contributed by atoms with van der Waals surface area (Å²) in [5.41, 5.74) is -2.13. The number of aryl methyl sites for hydroxylation is 5. The third-order valence-corrected chi connectivity index (χ3v) is 12.5. The van der Waals surface area contributed by atoms with Crippen molar-refractivity contribution in [1.82, 2.24) is 54.7 Å². The van der Waals surface area contributed by atoms with Crippen LogP contribution in [-0.4, -0.2) is 149 Å². The average molecular weight is 1060 g/mol. The van der Waals surface area contributed by atoms with Crippen LogP contribution in [0.4, 0.5) is 5.69 Å². The third kappa shape index (κ3) is 16.1. The molecule has 1 aromatic carbocycles. The molecule has 0 radical (unpaired) electrons. The van der Waals surface area contributed by atoms with Crippen LogP contribution in [-0.2, 0) is 28.2 Å². The maximum absolute atomic E-state index is 13.8. The molecule has 0 bridgehead atoms. The van der Waals surface area contributed by atoms with Crippen LogP contribution < -0.4 is 54.1 Å². The first-order valence-corrected chi connectivity index (χ1v) is 24.3. The van der Waals surface area contributed by atoms with E-state index in [2.05, 4.69) is 31.9 Å². The molecule has 0 saturated carbocycles. The van der Waals surface area contributed by atoms with E-state index in [4.69, 9.17) is 12.2 Å². The minimum absolute atomic E-state index is 0.0102. The molecule has 10 N–H and O–H groups in total. The van der Waals surface area contributed by atoms with E-state index < -0.39 is 74.9 Å². The Kier molecular flexibility index (Phi) is 20.8. The van der Waals surface area contributed by atoms with Crippen LogP contribution in [0.5, 0.6) is 23.0 Å². The third-order valence-electron chi connectivity index (χ3n) is 12.2. The van der Waals surface area contributed by atoms with Crippen molar-refractivity contribution in [3.05, 3.63) is 143 Å². The molecule has 0 saturated heterocycles. The smallest absolute Gasteiger partial charge is 0.293 e. The Balaban J connectivity index is 1.37. The summed E-state index contributed by atoms with van der Waals surface area (Å²) in [6.07, 6.45) is 6.91. The van der Waals surface area contributed by atoms with Crippen molar-refractivity contribution in [1.29, 1.82) is 0 Å². The zero-order chi connectivity index (χ0) is 54.9. The minimum atomic E-state index is -0.776. The zero-order valence-electron chi connectivity index (χ0n) is 42.3. The summed E-state index contributed by atoms with van der Waals surface area (Å²) >= 11 is 5.49. The predicted molar refractivity (Wildman–Crippen MR) is 284 cm³/mol. The van der Waals surface area contributed by atoms with Gasteiger partial charge in [0.25, 0.3) is 45.9 Å². The Bertz CT molecular complexity index is 3030. The number of unbranched alkanes of at least 4 members (excludes halogenated alkanes) is 1. The molecule has 1 unspecified atom stereocenters. The number of rotatable bonds is 25. The summed E-state index contributed by atoms with van der Waals surface area (Å²) in [4.78, 5) is 107. The summed E-state index contributed by atoms with van der Waals surface area (Å²) in [5.74, 6) is -5.82. The number of benzene rings is 1. The molecule has 1 atom stereocenters. The number of nitrogens with one attached hydrogen (secondary N) is 6. The van der Waals surface area contributed by atoms with Crippen LogP contribution in [0, 0.1) is 6.92 Å². The molecule has 0 aliphatic heterocycles. The summed E-state index contributed by atoms with van der Waals surface area (Å²) in [7, 11) is 5.69. The lowest BCUT2D eigenvalue weighted by molar-refractivity contribution is 0.0900. The van der Waals surface area contributed by atoms with E-state index in [-0.39, 0.29) is 81.2 Å². The number of carbonyl (C=O) groups is 4. The second-order valence-electron chi connectivity index (χ2n) is 17.8. The van der Waals surface area contributed by atoms with Crippen molar-refractivity contribution in [3.8, 4) is 23.0 Å². The second-order valence-corrected chi connectivity index (χ2v) is 18.2. The fraction of sp³-hybridized carbons (Fsp3) is 0.380. The predicted octanol–water partition coefficient (Wildman–Crippen LogP) is -0.238. The molecule has 25 heteroatoms. The fourth-order valence-corrected chi connectivity index (χ4v) is 7.91. The number of aromatic nitrogens is 4. The summed E-state index contributed by atoms with van der Waals surface area (Å²) in [6, 6.07) is 12.3. The molecule has 0 spiro atoms. The summed E-state index contributed by atoms with van der Waals surface area (Å²) in [5, 5.41) is 59.8. The van der Waals surface area contributed by atoms with Crippen molar-refractivity contribution in [2.75, 3.05) is 70.8 Å². The first-order chi connectivity index (χ1) is 35.7. The van der Waals surface area contributed by atoms with Gasteiger partial charge in [-0.05, 0) is 74.8 Å². The zero-order valence-corrected chi connectivity index (χ0v) is 43.2. The first-order valence-electron chi connectivity index (χ1n) is 23.9. The lowest BCUT2D eigenvalue weighted by Gasteiger charge is -2.31. The van der Waals surface area contributed by atoms with Gasteiger partial charge in [0.15, 0.2) is 28.1 Å². The highest BCUT2D eigenvalue weighted by Gasteiger charge is 2.24. The Hall–Kier alpha value is -8.29. The van der Waals surface area contributed by atoms with Gasteiger partial charge < -0.3 is 70.6 Å². The van der Waals surface area contributed by atoms with E-state index in [1.807, 2.05) is 41.0 Å². The van der Waals surface area contributed by atoms with Gasteiger partial charge in [-0.1, -0.05) is 17.7 Å². The molecule has 4 aromatic heterocycles. The number of amides is 4. The van der Waals surface area contributed by atoms with E-state index in [0.717, 1.165) is 29.5 Å². The standard InChI is InChI=1S/C50H64N12O12S/c1-31-9-11-32(12-10-31)56-50(75)54-17-7-6-8-33(55-45(70)37-16-24-60(5)49(74)41(37)66)30-62(27-20-53-44(69)36-15-23-59(4)48(73)40(36)65)29-28-61(25-18-51-42(67)34-13-21-57(2)46(71)38(34)63)26-19-52-43(68)35-14-22-58(3)47(72)39(35)64/h9-16,21-24,33,63-66H,6-8,17-20,25-30H2,1-5H3,(H,51,67)(H,52,68)(H,53,69)(H,55,70)(H2,54,56,75). The Morgan fingerprint density at radius 1 is 0.507 bits per heavy atom. The van der Waals surface area contributed by atoms with Crippen molar-refractivity contribution in [2.24, 2.45) is 28.2 Å². The van der Waals surface area contributed by atoms with E-state index in [1.165, 1.54) is 77.2 Å². The van der Waals surface area contributed by atoms with E-state index in [9.17, 15) is 58.8 Å². The maximum Gasteiger partial charge on any atom is 0.293 e. The molecule has 24 nitrogen and oxygen atoms in total. The van der Waals surface area contributed by atoms with Gasteiger partial charge in [0.1, 0.15) is 0 Å². The number of hydrogen-bond acceptors (Lipinski definition) is 15. The van der Waals surface area contributed by atoms with E-state index in [0.29, 0.717) is 30.9 Å². The summed E-state index contributed by atoms with van der Waals surface area (Å²) < 4.78 is 4.47. The summed E-state index contributed by atoms with van der Waals surface area (Å²) in [6.45, 7) is 3.40. The van der Waals surface area contributed by atoms with Gasteiger partial charge in [-0.15, -0.1) is 0 Å². The van der Waals surface area contributed by atoms with Crippen molar-refractivity contribution < 1.29 is 39.6 Å². The number of pyridine rings is 4. The molecule has 0 aliphatic carbocycles. The fourth-order valence-electron chi connectivity index (χ4n) is 7.69. The van der Waals surface area contributed by atoms with Gasteiger partial charge in [-0.2, -0.15) is 0 Å². The monoisotopic (exact) mass is 1060 g/mol. The molecule has 402 valence electrons. The number of aromatic hydroxyl groups is 4. The molecule has 75 heavy (non-hydrogen) atoms. The molecule has 5 rings (SSSR count). The molecular weight excluding hydrogens is 993 g/mol.